The highest BCUT2D eigenvalue weighted by Gasteiger charge is 2.23. The van der Waals surface area contributed by atoms with Crippen molar-refractivity contribution in [3.05, 3.63) is 21.9 Å². The van der Waals surface area contributed by atoms with E-state index in [2.05, 4.69) is 18.3 Å². The van der Waals surface area contributed by atoms with Crippen LogP contribution in [0.25, 0.3) is 0 Å². The molecule has 2 nitrogen and oxygen atoms in total. The lowest BCUT2D eigenvalue weighted by molar-refractivity contribution is 0.163. The Balaban J connectivity index is 2.43. The van der Waals surface area contributed by atoms with Gasteiger partial charge in [-0.15, -0.1) is 11.3 Å². The van der Waals surface area contributed by atoms with E-state index in [1.165, 1.54) is 5.56 Å². The van der Waals surface area contributed by atoms with Crippen LogP contribution in [-0.2, 0) is 0 Å². The number of rotatable bonds is 0. The second-order valence-corrected chi connectivity index (χ2v) is 3.83. The molecule has 1 aliphatic rings. The molecule has 1 aromatic heterocycles. The van der Waals surface area contributed by atoms with Gasteiger partial charge in [-0.2, -0.15) is 0 Å². The zero-order chi connectivity index (χ0) is 7.84. The molecule has 2 rings (SSSR count). The quantitative estimate of drug-likeness (QED) is 0.616. The number of aliphatic hydroxyl groups excluding tert-OH is 1. The highest BCUT2D eigenvalue weighted by atomic mass is 32.1. The van der Waals surface area contributed by atoms with Gasteiger partial charge in [0, 0.05) is 17.5 Å². The SMILES string of the molecule is CC1NCC(O)c2sccc21. The summed E-state index contributed by atoms with van der Waals surface area (Å²) in [6, 6.07) is 2.49. The molecule has 0 fully saturated rings. The summed E-state index contributed by atoms with van der Waals surface area (Å²) in [6.07, 6.45) is -0.291. The van der Waals surface area contributed by atoms with Crippen LogP contribution in [0.5, 0.6) is 0 Å². The van der Waals surface area contributed by atoms with Gasteiger partial charge in [0.1, 0.15) is 6.10 Å². The van der Waals surface area contributed by atoms with E-state index in [-0.39, 0.29) is 6.10 Å². The molecule has 3 heteroatoms. The number of fused-ring (bicyclic) bond motifs is 1. The molecule has 0 aliphatic carbocycles. The van der Waals surface area contributed by atoms with Crippen LogP contribution < -0.4 is 5.32 Å². The van der Waals surface area contributed by atoms with Crippen molar-refractivity contribution in [1.29, 1.82) is 0 Å². The highest BCUT2D eigenvalue weighted by Crippen LogP contribution is 2.32. The zero-order valence-electron chi connectivity index (χ0n) is 6.37. The molecule has 2 heterocycles. The molecule has 1 aliphatic heterocycles. The highest BCUT2D eigenvalue weighted by molar-refractivity contribution is 7.10. The summed E-state index contributed by atoms with van der Waals surface area (Å²) in [7, 11) is 0. The van der Waals surface area contributed by atoms with E-state index in [0.29, 0.717) is 12.6 Å². The van der Waals surface area contributed by atoms with Crippen molar-refractivity contribution < 1.29 is 5.11 Å². The van der Waals surface area contributed by atoms with E-state index in [1.54, 1.807) is 11.3 Å². The summed E-state index contributed by atoms with van der Waals surface area (Å²) in [6.45, 7) is 2.81. The Kier molecular flexibility index (Phi) is 1.71. The molecule has 60 valence electrons. The van der Waals surface area contributed by atoms with Crippen LogP contribution in [0, 0.1) is 0 Å². The van der Waals surface area contributed by atoms with Crippen molar-refractivity contribution in [2.45, 2.75) is 19.1 Å². The number of β-amino-alcohol motifs (C(OH)–C–C–N with tert-alkyl or cyclic N) is 1. The van der Waals surface area contributed by atoms with Crippen molar-refractivity contribution in [3.8, 4) is 0 Å². The number of hydrogen-bond acceptors (Lipinski definition) is 3. The molecule has 0 saturated carbocycles. The van der Waals surface area contributed by atoms with Gasteiger partial charge in [-0.25, -0.2) is 0 Å². The summed E-state index contributed by atoms with van der Waals surface area (Å²) in [5.74, 6) is 0. The fourth-order valence-electron chi connectivity index (χ4n) is 1.45. The van der Waals surface area contributed by atoms with Crippen molar-refractivity contribution in [2.75, 3.05) is 6.54 Å². The first-order valence-corrected chi connectivity index (χ1v) is 4.65. The Morgan fingerprint density at radius 2 is 2.55 bits per heavy atom. The van der Waals surface area contributed by atoms with E-state index in [4.69, 9.17) is 0 Å². The third-order valence-electron chi connectivity index (χ3n) is 2.11. The van der Waals surface area contributed by atoms with E-state index >= 15 is 0 Å². The molecule has 2 unspecified atom stereocenters. The lowest BCUT2D eigenvalue weighted by Gasteiger charge is -2.24. The topological polar surface area (TPSA) is 32.3 Å². The zero-order valence-corrected chi connectivity index (χ0v) is 7.19. The predicted octanol–water partition coefficient (Wildman–Crippen LogP) is 1.45. The Morgan fingerprint density at radius 1 is 1.73 bits per heavy atom. The number of hydrogen-bond donors (Lipinski definition) is 2. The molecule has 0 saturated heterocycles. The smallest absolute Gasteiger partial charge is 0.101 e. The first kappa shape index (κ1) is 7.28. The maximum atomic E-state index is 9.52. The minimum absolute atomic E-state index is 0.291. The van der Waals surface area contributed by atoms with Gasteiger partial charge < -0.3 is 10.4 Å². The van der Waals surface area contributed by atoms with E-state index < -0.39 is 0 Å². The van der Waals surface area contributed by atoms with Crippen LogP contribution in [0.15, 0.2) is 11.4 Å². The van der Waals surface area contributed by atoms with Crippen LogP contribution in [0.3, 0.4) is 0 Å². The van der Waals surface area contributed by atoms with Crippen molar-refractivity contribution in [2.24, 2.45) is 0 Å². The molecule has 2 N–H and O–H groups in total. The Labute approximate surface area is 69.9 Å². The second kappa shape index (κ2) is 2.59. The third kappa shape index (κ3) is 1.09. The van der Waals surface area contributed by atoms with Gasteiger partial charge in [0.05, 0.1) is 0 Å². The van der Waals surface area contributed by atoms with Crippen molar-refractivity contribution >= 4 is 11.3 Å². The minimum Gasteiger partial charge on any atom is -0.386 e. The summed E-state index contributed by atoms with van der Waals surface area (Å²) < 4.78 is 0. The summed E-state index contributed by atoms with van der Waals surface area (Å²) in [5.41, 5.74) is 1.26. The monoisotopic (exact) mass is 169 g/mol. The van der Waals surface area contributed by atoms with Crippen LogP contribution in [0.4, 0.5) is 0 Å². The number of nitrogens with one attached hydrogen (secondary N) is 1. The average molecular weight is 169 g/mol. The Hall–Kier alpha value is -0.380. The Bertz CT molecular complexity index is 234. The standard InChI is InChI=1S/C8H11NOS/c1-5-6-2-3-11-8(6)7(10)4-9-5/h2-3,5,7,9-10H,4H2,1H3. The lowest BCUT2D eigenvalue weighted by Crippen LogP contribution is -2.29. The fraction of sp³-hybridized carbons (Fsp3) is 0.500. The molecule has 0 aromatic carbocycles. The minimum atomic E-state index is -0.291. The number of thiophene rings is 1. The molecule has 0 radical (unpaired) electrons. The predicted molar refractivity (Wildman–Crippen MR) is 45.7 cm³/mol. The van der Waals surface area contributed by atoms with Crippen LogP contribution in [0.2, 0.25) is 0 Å². The molecular weight excluding hydrogens is 158 g/mol. The fourth-order valence-corrected chi connectivity index (χ4v) is 2.43. The maximum Gasteiger partial charge on any atom is 0.101 e. The second-order valence-electron chi connectivity index (χ2n) is 2.89. The molecular formula is C8H11NOS. The molecule has 2 atom stereocenters. The van der Waals surface area contributed by atoms with Gasteiger partial charge in [0.2, 0.25) is 0 Å². The normalized spacial score (nSPS) is 30.0. The van der Waals surface area contributed by atoms with Crippen molar-refractivity contribution in [1.82, 2.24) is 5.32 Å². The van der Waals surface area contributed by atoms with Gasteiger partial charge in [-0.3, -0.25) is 0 Å². The summed E-state index contributed by atoms with van der Waals surface area (Å²) in [5, 5.41) is 14.8. The largest absolute Gasteiger partial charge is 0.386 e. The lowest BCUT2D eigenvalue weighted by atomic mass is 10.0. The van der Waals surface area contributed by atoms with Crippen LogP contribution in [-0.4, -0.2) is 11.7 Å². The number of aliphatic hydroxyl groups is 1. The van der Waals surface area contributed by atoms with Gasteiger partial charge in [0.25, 0.3) is 0 Å². The van der Waals surface area contributed by atoms with E-state index in [9.17, 15) is 5.11 Å². The molecule has 0 amide bonds. The van der Waals surface area contributed by atoms with Crippen molar-refractivity contribution in [3.63, 3.8) is 0 Å². The Morgan fingerprint density at radius 3 is 3.27 bits per heavy atom. The van der Waals surface area contributed by atoms with E-state index in [0.717, 1.165) is 4.88 Å². The van der Waals surface area contributed by atoms with Crippen LogP contribution >= 0.6 is 11.3 Å². The maximum absolute atomic E-state index is 9.52. The average Bonchev–Trinajstić information content (AvgIpc) is 2.45. The van der Waals surface area contributed by atoms with Gasteiger partial charge in [-0.05, 0) is 23.9 Å². The first-order valence-electron chi connectivity index (χ1n) is 3.78. The van der Waals surface area contributed by atoms with E-state index in [1.807, 2.05) is 5.38 Å². The molecule has 0 bridgehead atoms. The molecule has 0 spiro atoms. The first-order chi connectivity index (χ1) is 5.29. The van der Waals surface area contributed by atoms with Gasteiger partial charge >= 0.3 is 0 Å². The molecule has 11 heavy (non-hydrogen) atoms. The van der Waals surface area contributed by atoms with Crippen LogP contribution in [0.1, 0.15) is 29.5 Å². The van der Waals surface area contributed by atoms with Gasteiger partial charge in [-0.1, -0.05) is 0 Å². The summed E-state index contributed by atoms with van der Waals surface area (Å²) >= 11 is 1.65. The third-order valence-corrected chi connectivity index (χ3v) is 3.15. The summed E-state index contributed by atoms with van der Waals surface area (Å²) in [4.78, 5) is 1.14. The molecule has 1 aromatic rings. The van der Waals surface area contributed by atoms with Gasteiger partial charge in [0.15, 0.2) is 0 Å².